The van der Waals surface area contributed by atoms with E-state index in [1.807, 2.05) is 6.07 Å². The van der Waals surface area contributed by atoms with Crippen molar-refractivity contribution in [1.82, 2.24) is 10.3 Å². The van der Waals surface area contributed by atoms with Gasteiger partial charge in [0.25, 0.3) is 5.78 Å². The predicted molar refractivity (Wildman–Crippen MR) is 120 cm³/mol. The SMILES string of the molecule is O=C(N/N=C/c1ccccc1Cl)Nc1ccc2c(c1)C(=O)C(=O)N2CN1CCCCC1. The number of amides is 3. The summed E-state index contributed by atoms with van der Waals surface area (Å²) in [5.74, 6) is -1.10. The average molecular weight is 440 g/mol. The van der Waals surface area contributed by atoms with Crippen LogP contribution in [0.2, 0.25) is 5.02 Å². The van der Waals surface area contributed by atoms with Crippen LogP contribution in [-0.4, -0.2) is 48.6 Å². The van der Waals surface area contributed by atoms with Crippen molar-refractivity contribution >= 4 is 46.9 Å². The lowest BCUT2D eigenvalue weighted by atomic mass is 10.1. The van der Waals surface area contributed by atoms with E-state index in [9.17, 15) is 14.4 Å². The Labute approximate surface area is 184 Å². The standard InChI is InChI=1S/C22H22ClN5O3/c23-18-7-3-2-6-15(18)13-24-26-22(31)25-16-8-9-19-17(12-16)20(29)21(30)28(19)14-27-10-4-1-5-11-27/h2-3,6-9,12-13H,1,4-5,10-11,14H2,(H2,25,26,31)/b24-13+. The molecule has 2 aromatic rings. The summed E-state index contributed by atoms with van der Waals surface area (Å²) in [4.78, 5) is 40.8. The van der Waals surface area contributed by atoms with Crippen molar-refractivity contribution < 1.29 is 14.4 Å². The molecule has 0 saturated carbocycles. The van der Waals surface area contributed by atoms with E-state index in [0.717, 1.165) is 25.9 Å². The molecule has 8 nitrogen and oxygen atoms in total. The second kappa shape index (κ2) is 9.28. The number of halogens is 1. The molecular formula is C22H22ClN5O3. The van der Waals surface area contributed by atoms with Crippen LogP contribution in [0, 0.1) is 0 Å². The third kappa shape index (κ3) is 4.76. The van der Waals surface area contributed by atoms with Gasteiger partial charge in [-0.05, 0) is 50.2 Å². The number of urea groups is 1. The number of carbonyl (C=O) groups is 3. The Kier molecular flexibility index (Phi) is 6.29. The first-order valence-electron chi connectivity index (χ1n) is 10.1. The maximum Gasteiger partial charge on any atom is 0.339 e. The van der Waals surface area contributed by atoms with Gasteiger partial charge in [-0.3, -0.25) is 19.4 Å². The van der Waals surface area contributed by atoms with E-state index in [0.29, 0.717) is 34.2 Å². The van der Waals surface area contributed by atoms with E-state index < -0.39 is 17.7 Å². The van der Waals surface area contributed by atoms with Gasteiger partial charge in [0, 0.05) is 16.3 Å². The number of nitrogens with zero attached hydrogens (tertiary/aromatic N) is 3. The zero-order valence-electron chi connectivity index (χ0n) is 16.8. The van der Waals surface area contributed by atoms with Gasteiger partial charge < -0.3 is 5.32 Å². The molecule has 0 bridgehead atoms. The molecule has 0 spiro atoms. The highest BCUT2D eigenvalue weighted by molar-refractivity contribution is 6.52. The zero-order chi connectivity index (χ0) is 21.8. The topological polar surface area (TPSA) is 94.1 Å². The predicted octanol–water partition coefficient (Wildman–Crippen LogP) is 3.47. The number of ketones is 1. The molecule has 9 heteroatoms. The van der Waals surface area contributed by atoms with Crippen LogP contribution in [0.1, 0.15) is 35.2 Å². The highest BCUT2D eigenvalue weighted by Crippen LogP contribution is 2.31. The van der Waals surface area contributed by atoms with Crippen LogP contribution in [0.4, 0.5) is 16.2 Å². The fraction of sp³-hybridized carbons (Fsp3) is 0.273. The zero-order valence-corrected chi connectivity index (χ0v) is 17.6. The molecule has 2 aliphatic heterocycles. The van der Waals surface area contributed by atoms with E-state index in [1.54, 1.807) is 30.3 Å². The van der Waals surface area contributed by atoms with Gasteiger partial charge in [0.1, 0.15) is 0 Å². The minimum atomic E-state index is -0.579. The van der Waals surface area contributed by atoms with Gasteiger partial charge in [-0.15, -0.1) is 0 Å². The fourth-order valence-corrected chi connectivity index (χ4v) is 3.90. The molecule has 160 valence electrons. The first-order valence-corrected chi connectivity index (χ1v) is 10.5. The summed E-state index contributed by atoms with van der Waals surface area (Å²) in [6.45, 7) is 2.24. The Balaban J connectivity index is 1.41. The van der Waals surface area contributed by atoms with Gasteiger partial charge in [0.05, 0.1) is 24.1 Å². The monoisotopic (exact) mass is 439 g/mol. The first-order chi connectivity index (χ1) is 15.0. The smallest absolute Gasteiger partial charge is 0.306 e. The molecule has 2 heterocycles. The molecule has 2 aliphatic rings. The summed E-state index contributed by atoms with van der Waals surface area (Å²) < 4.78 is 0. The van der Waals surface area contributed by atoms with E-state index in [1.165, 1.54) is 23.6 Å². The number of hydrogen-bond acceptors (Lipinski definition) is 5. The summed E-state index contributed by atoms with van der Waals surface area (Å²) >= 11 is 6.04. The summed E-state index contributed by atoms with van der Waals surface area (Å²) in [5.41, 5.74) is 4.27. The number of likely N-dealkylation sites (tertiary alicyclic amines) is 1. The average Bonchev–Trinajstić information content (AvgIpc) is 3.00. The van der Waals surface area contributed by atoms with Crippen molar-refractivity contribution in [3.8, 4) is 0 Å². The third-order valence-corrected chi connectivity index (χ3v) is 5.64. The maximum atomic E-state index is 12.5. The number of hydrazone groups is 1. The molecule has 3 amide bonds. The highest BCUT2D eigenvalue weighted by Gasteiger charge is 2.37. The molecular weight excluding hydrogens is 418 g/mol. The Morgan fingerprint density at radius 3 is 2.65 bits per heavy atom. The lowest BCUT2D eigenvalue weighted by Gasteiger charge is -2.30. The normalized spacial score (nSPS) is 16.6. The third-order valence-electron chi connectivity index (χ3n) is 5.29. The van der Waals surface area contributed by atoms with Gasteiger partial charge in [0.15, 0.2) is 0 Å². The molecule has 2 aromatic carbocycles. The number of fused-ring (bicyclic) bond motifs is 1. The van der Waals surface area contributed by atoms with Gasteiger partial charge in [-0.1, -0.05) is 36.2 Å². The number of piperidine rings is 1. The highest BCUT2D eigenvalue weighted by atomic mass is 35.5. The van der Waals surface area contributed by atoms with Gasteiger partial charge >= 0.3 is 11.9 Å². The number of benzene rings is 2. The Morgan fingerprint density at radius 2 is 1.87 bits per heavy atom. The van der Waals surface area contributed by atoms with Gasteiger partial charge in [-0.25, -0.2) is 10.2 Å². The summed E-state index contributed by atoms with van der Waals surface area (Å²) in [5, 5.41) is 7.00. The van der Waals surface area contributed by atoms with Crippen LogP contribution in [0.3, 0.4) is 0 Å². The minimum absolute atomic E-state index is 0.291. The van der Waals surface area contributed by atoms with Crippen LogP contribution in [0.15, 0.2) is 47.6 Å². The molecule has 1 saturated heterocycles. The number of Topliss-reactive ketones (excluding diaryl/α,β-unsaturated/α-hetero) is 1. The van der Waals surface area contributed by atoms with Crippen molar-refractivity contribution in [3.63, 3.8) is 0 Å². The second-order valence-corrected chi connectivity index (χ2v) is 7.87. The molecule has 4 rings (SSSR count). The van der Waals surface area contributed by atoms with Crippen molar-refractivity contribution in [2.75, 3.05) is 30.0 Å². The molecule has 0 aromatic heterocycles. The number of anilines is 2. The van der Waals surface area contributed by atoms with E-state index in [-0.39, 0.29) is 0 Å². The van der Waals surface area contributed by atoms with Crippen LogP contribution in [0.5, 0.6) is 0 Å². The second-order valence-electron chi connectivity index (χ2n) is 7.46. The minimum Gasteiger partial charge on any atom is -0.306 e. The van der Waals surface area contributed by atoms with Gasteiger partial charge in [-0.2, -0.15) is 5.10 Å². The molecule has 0 aliphatic carbocycles. The first kappa shape index (κ1) is 21.0. The Morgan fingerprint density at radius 1 is 1.10 bits per heavy atom. The van der Waals surface area contributed by atoms with Crippen molar-refractivity contribution in [2.45, 2.75) is 19.3 Å². The van der Waals surface area contributed by atoms with Crippen LogP contribution in [0.25, 0.3) is 0 Å². The molecule has 0 unspecified atom stereocenters. The van der Waals surface area contributed by atoms with Crippen molar-refractivity contribution in [1.29, 1.82) is 0 Å². The number of nitrogens with one attached hydrogen (secondary N) is 2. The van der Waals surface area contributed by atoms with Gasteiger partial charge in [0.2, 0.25) is 0 Å². The fourth-order valence-electron chi connectivity index (χ4n) is 3.72. The molecule has 2 N–H and O–H groups in total. The Hall–Kier alpha value is -3.23. The van der Waals surface area contributed by atoms with Crippen LogP contribution < -0.4 is 15.6 Å². The largest absolute Gasteiger partial charge is 0.339 e. The molecule has 31 heavy (non-hydrogen) atoms. The summed E-state index contributed by atoms with van der Waals surface area (Å²) in [6, 6.07) is 11.4. The Bertz CT molecular complexity index is 1050. The summed E-state index contributed by atoms with van der Waals surface area (Å²) in [7, 11) is 0. The number of carbonyl (C=O) groups excluding carboxylic acids is 3. The van der Waals surface area contributed by atoms with E-state index in [2.05, 4.69) is 20.7 Å². The van der Waals surface area contributed by atoms with E-state index >= 15 is 0 Å². The van der Waals surface area contributed by atoms with Crippen LogP contribution >= 0.6 is 11.6 Å². The molecule has 0 atom stereocenters. The number of rotatable bonds is 5. The quantitative estimate of drug-likeness (QED) is 0.423. The van der Waals surface area contributed by atoms with Crippen molar-refractivity contribution in [2.24, 2.45) is 5.10 Å². The molecule has 1 fully saturated rings. The maximum absolute atomic E-state index is 12.5. The van der Waals surface area contributed by atoms with Crippen molar-refractivity contribution in [3.05, 3.63) is 58.6 Å². The van der Waals surface area contributed by atoms with E-state index in [4.69, 9.17) is 11.6 Å². The van der Waals surface area contributed by atoms with Crippen LogP contribution in [-0.2, 0) is 4.79 Å². The number of hydrogen-bond donors (Lipinski definition) is 2. The molecule has 0 radical (unpaired) electrons. The summed E-state index contributed by atoms with van der Waals surface area (Å²) in [6.07, 6.45) is 4.82. The lowest BCUT2D eigenvalue weighted by molar-refractivity contribution is -0.114. The lowest BCUT2D eigenvalue weighted by Crippen LogP contribution is -2.43.